The zero-order valence-electron chi connectivity index (χ0n) is 20.3. The number of pyridine rings is 1. The molecule has 2 aromatic carbocycles. The number of halogens is 1. The van der Waals surface area contributed by atoms with Crippen LogP contribution in [0.2, 0.25) is 5.02 Å². The largest absolute Gasteiger partial charge is 0.493 e. The number of nitrogens with one attached hydrogen (secondary N) is 2. The maximum absolute atomic E-state index is 13.4. The van der Waals surface area contributed by atoms with Gasteiger partial charge in [-0.05, 0) is 62.3 Å². The number of benzene rings is 2. The van der Waals surface area contributed by atoms with Crippen molar-refractivity contribution in [3.63, 3.8) is 0 Å². The van der Waals surface area contributed by atoms with Gasteiger partial charge < -0.3 is 24.7 Å². The van der Waals surface area contributed by atoms with Crippen molar-refractivity contribution < 1.29 is 14.3 Å². The molecule has 0 spiro atoms. The number of likely N-dealkylation sites (N-methyl/N-ethyl adjacent to an activating group) is 1. The molecule has 1 aromatic heterocycles. The van der Waals surface area contributed by atoms with E-state index in [1.54, 1.807) is 49.5 Å². The molecule has 4 rings (SSSR count). The van der Waals surface area contributed by atoms with E-state index >= 15 is 0 Å². The minimum atomic E-state index is -0.262. The zero-order valence-corrected chi connectivity index (χ0v) is 21.0. The van der Waals surface area contributed by atoms with Gasteiger partial charge in [-0.2, -0.15) is 0 Å². The van der Waals surface area contributed by atoms with Gasteiger partial charge >= 0.3 is 6.03 Å². The van der Waals surface area contributed by atoms with Gasteiger partial charge in [-0.15, -0.1) is 0 Å². The smallest absolute Gasteiger partial charge is 0.322 e. The van der Waals surface area contributed by atoms with Crippen LogP contribution in [0.5, 0.6) is 11.5 Å². The molecular weight excluding hydrogens is 468 g/mol. The molecule has 0 saturated carbocycles. The number of hydrogen-bond acceptors (Lipinski definition) is 5. The molecule has 1 fully saturated rings. The number of rotatable bonds is 8. The molecule has 2 N–H and O–H groups in total. The first-order valence-electron chi connectivity index (χ1n) is 11.7. The van der Waals surface area contributed by atoms with Crippen LogP contribution in [0.15, 0.2) is 47.3 Å². The summed E-state index contributed by atoms with van der Waals surface area (Å²) >= 11 is 5.99. The van der Waals surface area contributed by atoms with Crippen molar-refractivity contribution in [1.29, 1.82) is 0 Å². The van der Waals surface area contributed by atoms with E-state index in [2.05, 4.69) is 22.1 Å². The number of anilines is 1. The molecule has 0 bridgehead atoms. The summed E-state index contributed by atoms with van der Waals surface area (Å²) in [5, 5.41) is 4.34. The van der Waals surface area contributed by atoms with E-state index in [9.17, 15) is 9.59 Å². The number of aromatic amines is 1. The lowest BCUT2D eigenvalue weighted by atomic mass is 10.1. The fourth-order valence-corrected chi connectivity index (χ4v) is 4.75. The number of likely N-dealkylation sites (tertiary alicyclic amines) is 1. The summed E-state index contributed by atoms with van der Waals surface area (Å²) in [7, 11) is 3.12. The Labute approximate surface area is 209 Å². The SMILES string of the molecule is CCN1CCCC1CN(Cc1cc2cc(OC)c(OC)cc2[nH]c1=O)C(=O)Nc1ccc(Cl)cc1. The van der Waals surface area contributed by atoms with E-state index in [1.807, 2.05) is 12.1 Å². The number of carbonyl (C=O) groups is 1. The van der Waals surface area contributed by atoms with Crippen molar-refractivity contribution in [3.05, 3.63) is 63.4 Å². The number of carbonyl (C=O) groups excluding carboxylic acids is 1. The van der Waals surface area contributed by atoms with Gasteiger partial charge in [-0.1, -0.05) is 18.5 Å². The van der Waals surface area contributed by atoms with Gasteiger partial charge in [0.05, 0.1) is 26.3 Å². The van der Waals surface area contributed by atoms with Crippen molar-refractivity contribution in [2.45, 2.75) is 32.4 Å². The second kappa shape index (κ2) is 11.0. The quantitative estimate of drug-likeness (QED) is 0.469. The van der Waals surface area contributed by atoms with Crippen molar-refractivity contribution >= 4 is 34.2 Å². The first kappa shape index (κ1) is 24.9. The Kier molecular flexibility index (Phi) is 7.83. The fourth-order valence-electron chi connectivity index (χ4n) is 4.63. The minimum absolute atomic E-state index is 0.174. The predicted octanol–water partition coefficient (Wildman–Crippen LogP) is 4.72. The summed E-state index contributed by atoms with van der Waals surface area (Å²) in [6, 6.07) is 12.3. The molecule has 1 aliphatic heterocycles. The highest BCUT2D eigenvalue weighted by molar-refractivity contribution is 6.30. The third-order valence-electron chi connectivity index (χ3n) is 6.51. The maximum atomic E-state index is 13.4. The Morgan fingerprint density at radius 2 is 1.89 bits per heavy atom. The average Bonchev–Trinajstić information content (AvgIpc) is 3.31. The van der Waals surface area contributed by atoms with Crippen molar-refractivity contribution in [2.24, 2.45) is 0 Å². The van der Waals surface area contributed by atoms with Crippen LogP contribution >= 0.6 is 11.6 Å². The van der Waals surface area contributed by atoms with E-state index in [1.165, 1.54) is 0 Å². The average molecular weight is 499 g/mol. The lowest BCUT2D eigenvalue weighted by Gasteiger charge is -2.30. The molecular formula is C26H31ClN4O4. The fraction of sp³-hybridized carbons (Fsp3) is 0.385. The molecule has 186 valence electrons. The molecule has 1 aliphatic rings. The number of aromatic nitrogens is 1. The van der Waals surface area contributed by atoms with Gasteiger partial charge in [0.1, 0.15) is 0 Å². The molecule has 8 nitrogen and oxygen atoms in total. The number of fused-ring (bicyclic) bond motifs is 1. The van der Waals surface area contributed by atoms with Crippen LogP contribution in [0.3, 0.4) is 0 Å². The Morgan fingerprint density at radius 3 is 2.57 bits per heavy atom. The molecule has 1 unspecified atom stereocenters. The van der Waals surface area contributed by atoms with Crippen LogP contribution in [-0.4, -0.2) is 60.7 Å². The predicted molar refractivity (Wildman–Crippen MR) is 139 cm³/mol. The Balaban J connectivity index is 1.64. The molecule has 1 saturated heterocycles. The number of urea groups is 1. The monoisotopic (exact) mass is 498 g/mol. The summed E-state index contributed by atoms with van der Waals surface area (Å²) in [5.74, 6) is 1.10. The zero-order chi connectivity index (χ0) is 24.9. The molecule has 2 amide bonds. The van der Waals surface area contributed by atoms with E-state index < -0.39 is 0 Å². The highest BCUT2D eigenvalue weighted by atomic mass is 35.5. The molecule has 35 heavy (non-hydrogen) atoms. The number of nitrogens with zero attached hydrogens (tertiary/aromatic N) is 2. The van der Waals surface area contributed by atoms with Gasteiger partial charge in [-0.25, -0.2) is 4.79 Å². The van der Waals surface area contributed by atoms with E-state index in [0.717, 1.165) is 31.3 Å². The van der Waals surface area contributed by atoms with Gasteiger partial charge in [0.25, 0.3) is 5.56 Å². The standard InChI is InChI=1S/C26H31ClN4O4/c1-4-30-11-5-6-21(30)16-31(26(33)28-20-9-7-19(27)8-10-20)15-18-12-17-13-23(34-2)24(35-3)14-22(17)29-25(18)32/h7-10,12-14,21H,4-6,11,15-16H2,1-3H3,(H,28,33)(H,29,32). The first-order chi connectivity index (χ1) is 16.9. The third kappa shape index (κ3) is 5.71. The van der Waals surface area contributed by atoms with Crippen LogP contribution in [-0.2, 0) is 6.54 Å². The topological polar surface area (TPSA) is 86.9 Å². The summed E-state index contributed by atoms with van der Waals surface area (Å²) in [6.45, 7) is 4.78. The number of H-pyrrole nitrogens is 1. The molecule has 2 heterocycles. The van der Waals surface area contributed by atoms with E-state index in [4.69, 9.17) is 21.1 Å². The van der Waals surface area contributed by atoms with Crippen LogP contribution in [0, 0.1) is 0 Å². The Hall–Kier alpha value is -3.23. The van der Waals surface area contributed by atoms with Gasteiger partial charge in [-0.3, -0.25) is 9.69 Å². The first-order valence-corrected chi connectivity index (χ1v) is 12.1. The van der Waals surface area contributed by atoms with Crippen molar-refractivity contribution in [1.82, 2.24) is 14.8 Å². The van der Waals surface area contributed by atoms with Gasteiger partial charge in [0, 0.05) is 40.3 Å². The molecule has 0 aliphatic carbocycles. The highest BCUT2D eigenvalue weighted by Crippen LogP contribution is 2.31. The number of ether oxygens (including phenoxy) is 2. The normalized spacial score (nSPS) is 15.8. The van der Waals surface area contributed by atoms with Crippen LogP contribution in [0.25, 0.3) is 10.9 Å². The number of hydrogen-bond donors (Lipinski definition) is 2. The van der Waals surface area contributed by atoms with Gasteiger partial charge in [0.15, 0.2) is 11.5 Å². The van der Waals surface area contributed by atoms with E-state index in [0.29, 0.717) is 39.8 Å². The Morgan fingerprint density at radius 1 is 1.17 bits per heavy atom. The highest BCUT2D eigenvalue weighted by Gasteiger charge is 2.28. The lowest BCUT2D eigenvalue weighted by Crippen LogP contribution is -2.45. The Bertz CT molecular complexity index is 1240. The van der Waals surface area contributed by atoms with Gasteiger partial charge in [0.2, 0.25) is 0 Å². The second-order valence-electron chi connectivity index (χ2n) is 8.66. The van der Waals surface area contributed by atoms with Crippen molar-refractivity contribution in [3.8, 4) is 11.5 Å². The number of methoxy groups -OCH3 is 2. The molecule has 0 radical (unpaired) electrons. The summed E-state index contributed by atoms with van der Waals surface area (Å²) in [6.07, 6.45) is 2.12. The number of amides is 2. The van der Waals surface area contributed by atoms with Crippen LogP contribution in [0.1, 0.15) is 25.3 Å². The molecule has 3 aromatic rings. The minimum Gasteiger partial charge on any atom is -0.493 e. The van der Waals surface area contributed by atoms with Crippen molar-refractivity contribution in [2.75, 3.05) is 39.2 Å². The summed E-state index contributed by atoms with van der Waals surface area (Å²) in [5.41, 5.74) is 1.54. The third-order valence-corrected chi connectivity index (χ3v) is 6.76. The summed E-state index contributed by atoms with van der Waals surface area (Å²) in [4.78, 5) is 33.4. The second-order valence-corrected chi connectivity index (χ2v) is 9.10. The van der Waals surface area contributed by atoms with Crippen LogP contribution < -0.4 is 20.3 Å². The van der Waals surface area contributed by atoms with Crippen LogP contribution in [0.4, 0.5) is 10.5 Å². The molecule has 9 heteroatoms. The maximum Gasteiger partial charge on any atom is 0.322 e. The molecule has 1 atom stereocenters. The summed E-state index contributed by atoms with van der Waals surface area (Å²) < 4.78 is 10.8. The van der Waals surface area contributed by atoms with E-state index in [-0.39, 0.29) is 24.2 Å². The lowest BCUT2D eigenvalue weighted by molar-refractivity contribution is 0.174.